The fourth-order valence-corrected chi connectivity index (χ4v) is 5.86. The number of halogens is 1. The van der Waals surface area contributed by atoms with Crippen molar-refractivity contribution in [2.45, 2.75) is 32.0 Å². The van der Waals surface area contributed by atoms with Gasteiger partial charge >= 0.3 is 0 Å². The van der Waals surface area contributed by atoms with E-state index in [9.17, 15) is 9.18 Å². The van der Waals surface area contributed by atoms with E-state index >= 15 is 0 Å². The molecule has 6 nitrogen and oxygen atoms in total. The summed E-state index contributed by atoms with van der Waals surface area (Å²) in [6, 6.07) is 26.5. The number of amides is 1. The van der Waals surface area contributed by atoms with Crippen LogP contribution in [0.1, 0.15) is 34.3 Å². The first-order chi connectivity index (χ1) is 20.6. The summed E-state index contributed by atoms with van der Waals surface area (Å²) in [5, 5.41) is 0. The number of piperidine rings is 1. The Morgan fingerprint density at radius 1 is 0.762 bits per heavy atom. The molecule has 216 valence electrons. The number of ether oxygens (including phenoxy) is 1. The summed E-state index contributed by atoms with van der Waals surface area (Å²) in [4.78, 5) is 24.4. The molecule has 3 aromatic carbocycles. The normalized spacial score (nSPS) is 16.8. The predicted octanol–water partition coefficient (Wildman–Crippen LogP) is 5.89. The zero-order valence-electron chi connectivity index (χ0n) is 23.9. The smallest absolute Gasteiger partial charge is 0.253 e. The van der Waals surface area contributed by atoms with Crippen LogP contribution in [0.3, 0.4) is 0 Å². The standard InChI is InChI=1S/C35H37FN4O2/c36-32-11-9-29(10-12-32)30-6-2-7-31(23-30)35(41)40-16-13-33(14-17-40)42-34-8-1-4-27(22-34)25-38-18-20-39(21-19-38)26-28-5-3-15-37-24-28/h1-12,15,22-24,33H,13-14,16-21,25-26H2. The lowest BCUT2D eigenvalue weighted by atomic mass is 10.0. The zero-order valence-corrected chi connectivity index (χ0v) is 23.9. The third kappa shape index (κ3) is 7.22. The highest BCUT2D eigenvalue weighted by molar-refractivity contribution is 5.95. The third-order valence-electron chi connectivity index (χ3n) is 8.22. The second kappa shape index (κ2) is 13.3. The lowest BCUT2D eigenvalue weighted by Crippen LogP contribution is -2.45. The summed E-state index contributed by atoms with van der Waals surface area (Å²) in [7, 11) is 0. The SMILES string of the molecule is O=C(c1cccc(-c2ccc(F)cc2)c1)N1CCC(Oc2cccc(CN3CCN(Cc4cccnc4)CC3)c2)CC1. The molecule has 3 heterocycles. The summed E-state index contributed by atoms with van der Waals surface area (Å²) in [5.41, 5.74) is 4.99. The largest absolute Gasteiger partial charge is 0.490 e. The summed E-state index contributed by atoms with van der Waals surface area (Å²) < 4.78 is 19.7. The van der Waals surface area contributed by atoms with E-state index in [1.54, 1.807) is 12.1 Å². The fourth-order valence-electron chi connectivity index (χ4n) is 5.86. The number of nitrogens with zero attached hydrogens (tertiary/aromatic N) is 4. The highest BCUT2D eigenvalue weighted by Crippen LogP contribution is 2.25. The van der Waals surface area contributed by atoms with Gasteiger partial charge in [0.15, 0.2) is 0 Å². The van der Waals surface area contributed by atoms with Gasteiger partial charge in [-0.2, -0.15) is 0 Å². The molecule has 4 aromatic rings. The van der Waals surface area contributed by atoms with Gasteiger partial charge in [0.1, 0.15) is 17.7 Å². The third-order valence-corrected chi connectivity index (χ3v) is 8.22. The number of hydrogen-bond donors (Lipinski definition) is 0. The molecule has 2 aliphatic heterocycles. The van der Waals surface area contributed by atoms with Gasteiger partial charge in [-0.25, -0.2) is 4.39 Å². The molecule has 6 rings (SSSR count). The maximum Gasteiger partial charge on any atom is 0.253 e. The topological polar surface area (TPSA) is 48.9 Å². The first-order valence-corrected chi connectivity index (χ1v) is 14.8. The van der Waals surface area contributed by atoms with Crippen molar-refractivity contribution in [1.29, 1.82) is 0 Å². The lowest BCUT2D eigenvalue weighted by Gasteiger charge is -2.35. The minimum absolute atomic E-state index is 0.0277. The quantitative estimate of drug-likeness (QED) is 0.267. The number of benzene rings is 3. The minimum Gasteiger partial charge on any atom is -0.490 e. The minimum atomic E-state index is -0.269. The monoisotopic (exact) mass is 564 g/mol. The van der Waals surface area contributed by atoms with Crippen LogP contribution in [0.4, 0.5) is 4.39 Å². The molecule has 2 fully saturated rings. The highest BCUT2D eigenvalue weighted by Gasteiger charge is 2.25. The van der Waals surface area contributed by atoms with Gasteiger partial charge in [-0.15, -0.1) is 0 Å². The Bertz CT molecular complexity index is 1460. The van der Waals surface area contributed by atoms with Crippen molar-refractivity contribution in [3.63, 3.8) is 0 Å². The van der Waals surface area contributed by atoms with Crippen molar-refractivity contribution in [2.75, 3.05) is 39.3 Å². The molecule has 2 aliphatic rings. The first-order valence-electron chi connectivity index (χ1n) is 14.8. The van der Waals surface area contributed by atoms with E-state index in [0.717, 1.165) is 69.0 Å². The lowest BCUT2D eigenvalue weighted by molar-refractivity contribution is 0.0595. The molecule has 7 heteroatoms. The predicted molar refractivity (Wildman–Crippen MR) is 163 cm³/mol. The second-order valence-corrected chi connectivity index (χ2v) is 11.3. The van der Waals surface area contributed by atoms with E-state index in [-0.39, 0.29) is 17.8 Å². The van der Waals surface area contributed by atoms with Crippen LogP contribution in [0, 0.1) is 5.82 Å². The van der Waals surface area contributed by atoms with Crippen molar-refractivity contribution in [1.82, 2.24) is 19.7 Å². The molecule has 2 saturated heterocycles. The highest BCUT2D eigenvalue weighted by atomic mass is 19.1. The van der Waals surface area contributed by atoms with Gasteiger partial charge in [-0.1, -0.05) is 42.5 Å². The van der Waals surface area contributed by atoms with Crippen molar-refractivity contribution in [3.8, 4) is 16.9 Å². The van der Waals surface area contributed by atoms with Crippen molar-refractivity contribution >= 4 is 5.91 Å². The van der Waals surface area contributed by atoms with E-state index in [1.165, 1.54) is 23.3 Å². The Labute approximate surface area is 247 Å². The molecule has 0 unspecified atom stereocenters. The van der Waals surface area contributed by atoms with Crippen LogP contribution >= 0.6 is 0 Å². The Balaban J connectivity index is 0.974. The maximum atomic E-state index is 13.3. The molecule has 0 bridgehead atoms. The van der Waals surface area contributed by atoms with Crippen LogP contribution in [0.5, 0.6) is 5.75 Å². The van der Waals surface area contributed by atoms with Gasteiger partial charge < -0.3 is 9.64 Å². The number of carbonyl (C=O) groups excluding carboxylic acids is 1. The Kier molecular flexibility index (Phi) is 8.87. The van der Waals surface area contributed by atoms with Crippen LogP contribution in [0.2, 0.25) is 0 Å². The van der Waals surface area contributed by atoms with Gasteiger partial charge in [-0.3, -0.25) is 19.6 Å². The van der Waals surface area contributed by atoms with Crippen molar-refractivity contribution < 1.29 is 13.9 Å². The summed E-state index contributed by atoms with van der Waals surface area (Å²) in [6.07, 6.45) is 5.46. The number of likely N-dealkylation sites (tertiary alicyclic amines) is 1. The van der Waals surface area contributed by atoms with Gasteiger partial charge in [0.2, 0.25) is 0 Å². The van der Waals surface area contributed by atoms with E-state index in [4.69, 9.17) is 4.74 Å². The van der Waals surface area contributed by atoms with Gasteiger partial charge in [0, 0.05) is 83.2 Å². The molecule has 1 aromatic heterocycles. The second-order valence-electron chi connectivity index (χ2n) is 11.3. The molecule has 0 atom stereocenters. The van der Waals surface area contributed by atoms with E-state index in [1.807, 2.05) is 53.7 Å². The average molecular weight is 565 g/mol. The molecular weight excluding hydrogens is 527 g/mol. The first kappa shape index (κ1) is 28.1. The van der Waals surface area contributed by atoms with Gasteiger partial charge in [0.25, 0.3) is 5.91 Å². The molecule has 0 spiro atoms. The van der Waals surface area contributed by atoms with Crippen molar-refractivity contribution in [3.05, 3.63) is 120 Å². The van der Waals surface area contributed by atoms with E-state index in [0.29, 0.717) is 18.7 Å². The van der Waals surface area contributed by atoms with Gasteiger partial charge in [-0.05, 0) is 64.7 Å². The average Bonchev–Trinajstić information content (AvgIpc) is 3.03. The Morgan fingerprint density at radius 3 is 2.17 bits per heavy atom. The van der Waals surface area contributed by atoms with Crippen LogP contribution < -0.4 is 4.74 Å². The maximum absolute atomic E-state index is 13.3. The number of pyridine rings is 1. The molecule has 0 radical (unpaired) electrons. The number of hydrogen-bond acceptors (Lipinski definition) is 5. The molecular formula is C35H37FN4O2. The van der Waals surface area contributed by atoms with E-state index < -0.39 is 0 Å². The van der Waals surface area contributed by atoms with E-state index in [2.05, 4.69) is 39.0 Å². The fraction of sp³-hybridized carbons (Fsp3) is 0.314. The molecule has 0 N–H and O–H groups in total. The summed E-state index contributed by atoms with van der Waals surface area (Å²) in [5.74, 6) is 0.661. The molecule has 42 heavy (non-hydrogen) atoms. The van der Waals surface area contributed by atoms with Crippen LogP contribution in [-0.2, 0) is 13.1 Å². The molecule has 0 aliphatic carbocycles. The zero-order chi connectivity index (χ0) is 28.7. The number of piperazine rings is 1. The number of rotatable bonds is 8. The summed E-state index contributed by atoms with van der Waals surface area (Å²) in [6.45, 7) is 7.40. The molecule has 1 amide bonds. The molecule has 0 saturated carbocycles. The Morgan fingerprint density at radius 2 is 1.45 bits per heavy atom. The van der Waals surface area contributed by atoms with Crippen LogP contribution in [0.15, 0.2) is 97.3 Å². The Hall–Kier alpha value is -4.07. The van der Waals surface area contributed by atoms with Crippen LogP contribution in [0.25, 0.3) is 11.1 Å². The summed E-state index contributed by atoms with van der Waals surface area (Å²) >= 11 is 0. The van der Waals surface area contributed by atoms with Crippen molar-refractivity contribution in [2.24, 2.45) is 0 Å². The van der Waals surface area contributed by atoms with Crippen LogP contribution in [-0.4, -0.2) is 71.0 Å². The van der Waals surface area contributed by atoms with Gasteiger partial charge in [0.05, 0.1) is 0 Å². The number of carbonyl (C=O) groups is 1. The number of aromatic nitrogens is 1.